The fraction of sp³-hybridized carbons (Fsp3) is 0.250. The molecule has 1 heterocycles. The molecule has 0 fully saturated rings. The fourth-order valence-electron chi connectivity index (χ4n) is 1.80. The number of carbonyl (C=O) groups excluding carboxylic acids is 1. The molecule has 1 aliphatic heterocycles. The topological polar surface area (TPSA) is 26.3 Å². The molecule has 0 aromatic heterocycles. The van der Waals surface area contributed by atoms with E-state index in [9.17, 15) is 4.79 Å². The molecule has 1 aromatic rings. The van der Waals surface area contributed by atoms with Crippen LogP contribution < -0.4 is 4.74 Å². The second-order valence-corrected chi connectivity index (χ2v) is 3.44. The van der Waals surface area contributed by atoms with Crippen LogP contribution in [-0.2, 0) is 4.79 Å². The highest BCUT2D eigenvalue weighted by molar-refractivity contribution is 5.76. The zero-order valence-corrected chi connectivity index (χ0v) is 7.90. The normalized spacial score (nSPS) is 19.7. The summed E-state index contributed by atoms with van der Waals surface area (Å²) < 4.78 is 5.14. The first-order chi connectivity index (χ1) is 6.81. The summed E-state index contributed by atoms with van der Waals surface area (Å²) in [6.07, 6.45) is 3.13. The predicted octanol–water partition coefficient (Wildman–Crippen LogP) is 2.66. The molecule has 0 amide bonds. The molecule has 1 aromatic carbocycles. The number of hydrogen-bond donors (Lipinski definition) is 0. The Hall–Kier alpha value is -1.57. The smallest absolute Gasteiger partial charge is 0.311 e. The first-order valence-corrected chi connectivity index (χ1v) is 4.71. The highest BCUT2D eigenvalue weighted by Crippen LogP contribution is 2.35. The molecule has 2 heteroatoms. The van der Waals surface area contributed by atoms with Crippen molar-refractivity contribution in [2.24, 2.45) is 0 Å². The summed E-state index contributed by atoms with van der Waals surface area (Å²) in [4.78, 5) is 11.3. The number of hydrogen-bond acceptors (Lipinski definition) is 2. The maximum Gasteiger partial charge on any atom is 0.311 e. The van der Waals surface area contributed by atoms with Crippen LogP contribution in [-0.4, -0.2) is 5.97 Å². The van der Waals surface area contributed by atoms with Crippen LogP contribution in [0.15, 0.2) is 36.9 Å². The summed E-state index contributed by atoms with van der Waals surface area (Å²) in [5.74, 6) is 0.802. The van der Waals surface area contributed by atoms with E-state index in [0.29, 0.717) is 12.2 Å². The van der Waals surface area contributed by atoms with Gasteiger partial charge in [-0.1, -0.05) is 24.3 Å². The van der Waals surface area contributed by atoms with Crippen LogP contribution in [0.3, 0.4) is 0 Å². The van der Waals surface area contributed by atoms with Crippen molar-refractivity contribution in [1.82, 2.24) is 0 Å². The first-order valence-electron chi connectivity index (χ1n) is 4.71. The number of rotatable bonds is 2. The summed E-state index contributed by atoms with van der Waals surface area (Å²) in [6, 6.07) is 7.69. The molecule has 0 N–H and O–H groups in total. The number of fused-ring (bicyclic) bond motifs is 1. The lowest BCUT2D eigenvalue weighted by molar-refractivity contribution is -0.135. The quantitative estimate of drug-likeness (QED) is 0.405. The van der Waals surface area contributed by atoms with Crippen molar-refractivity contribution in [3.8, 4) is 5.75 Å². The van der Waals surface area contributed by atoms with Crippen molar-refractivity contribution in [2.45, 2.75) is 18.8 Å². The second kappa shape index (κ2) is 3.66. The average molecular weight is 188 g/mol. The highest BCUT2D eigenvalue weighted by Gasteiger charge is 2.25. The average Bonchev–Trinajstić information content (AvgIpc) is 2.18. The van der Waals surface area contributed by atoms with Gasteiger partial charge in [-0.15, -0.1) is 6.58 Å². The lowest BCUT2D eigenvalue weighted by atomic mass is 9.90. The number of para-hydroxylation sites is 1. The minimum Gasteiger partial charge on any atom is -0.426 e. The van der Waals surface area contributed by atoms with Gasteiger partial charge in [-0.25, -0.2) is 0 Å². The van der Waals surface area contributed by atoms with Gasteiger partial charge in [0.2, 0.25) is 0 Å². The lowest BCUT2D eigenvalue weighted by Gasteiger charge is -2.23. The van der Waals surface area contributed by atoms with E-state index >= 15 is 0 Å². The maximum atomic E-state index is 11.3. The largest absolute Gasteiger partial charge is 0.426 e. The van der Waals surface area contributed by atoms with Crippen molar-refractivity contribution in [3.05, 3.63) is 42.5 Å². The number of allylic oxidation sites excluding steroid dienone is 1. The van der Waals surface area contributed by atoms with Gasteiger partial charge in [0, 0.05) is 5.92 Å². The summed E-state index contributed by atoms with van der Waals surface area (Å²) in [5, 5.41) is 0. The minimum atomic E-state index is -0.143. The molecule has 1 aliphatic rings. The lowest BCUT2D eigenvalue weighted by Crippen LogP contribution is -2.19. The van der Waals surface area contributed by atoms with Crippen molar-refractivity contribution in [1.29, 1.82) is 0 Å². The Morgan fingerprint density at radius 3 is 3.07 bits per heavy atom. The zero-order valence-electron chi connectivity index (χ0n) is 7.90. The highest BCUT2D eigenvalue weighted by atomic mass is 16.5. The van der Waals surface area contributed by atoms with Gasteiger partial charge in [0.15, 0.2) is 0 Å². The van der Waals surface area contributed by atoms with E-state index in [1.807, 2.05) is 30.3 Å². The summed E-state index contributed by atoms with van der Waals surface area (Å²) in [7, 11) is 0. The van der Waals surface area contributed by atoms with Crippen molar-refractivity contribution < 1.29 is 9.53 Å². The Kier molecular flexibility index (Phi) is 2.35. The Morgan fingerprint density at radius 2 is 2.29 bits per heavy atom. The van der Waals surface area contributed by atoms with Gasteiger partial charge < -0.3 is 4.74 Å². The van der Waals surface area contributed by atoms with Crippen LogP contribution in [0.2, 0.25) is 0 Å². The molecule has 0 saturated carbocycles. The number of esters is 1. The molecular weight excluding hydrogens is 176 g/mol. The van der Waals surface area contributed by atoms with E-state index in [0.717, 1.165) is 12.0 Å². The molecule has 0 bridgehead atoms. The van der Waals surface area contributed by atoms with Gasteiger partial charge in [0.25, 0.3) is 0 Å². The van der Waals surface area contributed by atoms with Crippen LogP contribution in [0.4, 0.5) is 0 Å². The summed E-state index contributed by atoms with van der Waals surface area (Å²) in [5.41, 5.74) is 1.12. The van der Waals surface area contributed by atoms with Crippen LogP contribution in [0.5, 0.6) is 5.75 Å². The van der Waals surface area contributed by atoms with Gasteiger partial charge in [-0.05, 0) is 18.1 Å². The van der Waals surface area contributed by atoms with Gasteiger partial charge in [-0.3, -0.25) is 4.79 Å². The number of carbonyl (C=O) groups is 1. The minimum absolute atomic E-state index is 0.143. The van der Waals surface area contributed by atoms with Crippen molar-refractivity contribution in [2.75, 3.05) is 0 Å². The molecule has 0 spiro atoms. The van der Waals surface area contributed by atoms with Crippen LogP contribution in [0, 0.1) is 0 Å². The van der Waals surface area contributed by atoms with Crippen molar-refractivity contribution >= 4 is 5.97 Å². The van der Waals surface area contributed by atoms with E-state index in [2.05, 4.69) is 6.58 Å². The van der Waals surface area contributed by atoms with Crippen molar-refractivity contribution in [3.63, 3.8) is 0 Å². The summed E-state index contributed by atoms with van der Waals surface area (Å²) in [6.45, 7) is 3.70. The third-order valence-electron chi connectivity index (χ3n) is 2.45. The predicted molar refractivity (Wildman–Crippen MR) is 54.2 cm³/mol. The molecule has 1 atom stereocenters. The SMILES string of the molecule is C=CC[C@H]1CC(=O)Oc2ccccc21. The second-order valence-electron chi connectivity index (χ2n) is 3.44. The van der Waals surface area contributed by atoms with Gasteiger partial charge in [0.05, 0.1) is 6.42 Å². The van der Waals surface area contributed by atoms with Gasteiger partial charge in [0.1, 0.15) is 5.75 Å². The molecule has 72 valence electrons. The van der Waals surface area contributed by atoms with Crippen LogP contribution in [0.25, 0.3) is 0 Å². The van der Waals surface area contributed by atoms with E-state index in [4.69, 9.17) is 4.74 Å². The van der Waals surface area contributed by atoms with Gasteiger partial charge >= 0.3 is 5.97 Å². The Morgan fingerprint density at radius 1 is 1.50 bits per heavy atom. The Bertz CT molecular complexity index is 368. The van der Waals surface area contributed by atoms with E-state index in [1.165, 1.54) is 0 Å². The fourth-order valence-corrected chi connectivity index (χ4v) is 1.80. The number of ether oxygens (including phenoxy) is 1. The summed E-state index contributed by atoms with van der Waals surface area (Å²) >= 11 is 0. The zero-order chi connectivity index (χ0) is 9.97. The molecule has 14 heavy (non-hydrogen) atoms. The van der Waals surface area contributed by atoms with Crippen LogP contribution in [0.1, 0.15) is 24.3 Å². The van der Waals surface area contributed by atoms with E-state index in [-0.39, 0.29) is 11.9 Å². The molecule has 2 nitrogen and oxygen atoms in total. The Labute approximate surface area is 83.2 Å². The Balaban J connectivity index is 2.37. The first kappa shape index (κ1) is 9.00. The maximum absolute atomic E-state index is 11.3. The molecule has 0 unspecified atom stereocenters. The third kappa shape index (κ3) is 1.55. The molecule has 0 radical (unpaired) electrons. The third-order valence-corrected chi connectivity index (χ3v) is 2.45. The van der Waals surface area contributed by atoms with Crippen LogP contribution >= 0.6 is 0 Å². The van der Waals surface area contributed by atoms with E-state index in [1.54, 1.807) is 0 Å². The van der Waals surface area contributed by atoms with E-state index < -0.39 is 0 Å². The standard InChI is InChI=1S/C12H12O2/c1-2-5-9-8-12(13)14-11-7-4-3-6-10(9)11/h2-4,6-7,9H,1,5,8H2/t9-/m0/s1. The number of benzene rings is 1. The van der Waals surface area contributed by atoms with Gasteiger partial charge in [-0.2, -0.15) is 0 Å². The molecular formula is C12H12O2. The molecule has 0 saturated heterocycles. The monoisotopic (exact) mass is 188 g/mol. The molecule has 2 rings (SSSR count). The molecule has 0 aliphatic carbocycles.